The van der Waals surface area contributed by atoms with Crippen molar-refractivity contribution >= 4 is 22.9 Å². The predicted molar refractivity (Wildman–Crippen MR) is 78.9 cm³/mol. The van der Waals surface area contributed by atoms with Crippen molar-refractivity contribution in [1.29, 1.82) is 0 Å². The number of aromatic nitrogens is 2. The van der Waals surface area contributed by atoms with Crippen LogP contribution in [0.25, 0.3) is 0 Å². The monoisotopic (exact) mass is 289 g/mol. The predicted octanol–water partition coefficient (Wildman–Crippen LogP) is 2.44. The lowest BCUT2D eigenvalue weighted by Crippen LogP contribution is -2.13. The first-order chi connectivity index (χ1) is 9.79. The smallest absolute Gasteiger partial charge is 0.327 e. The highest BCUT2D eigenvalue weighted by Gasteiger charge is 2.07. The zero-order chi connectivity index (χ0) is 14.2. The molecule has 2 aromatic rings. The molecule has 6 heteroatoms. The molecule has 0 N–H and O–H groups in total. The summed E-state index contributed by atoms with van der Waals surface area (Å²) >= 11 is 1.45. The largest absolute Gasteiger partial charge is 0.465 e. The highest BCUT2D eigenvalue weighted by molar-refractivity contribution is 8.13. The van der Waals surface area contributed by atoms with Crippen LogP contribution in [0.2, 0.25) is 0 Å². The molecule has 0 spiro atoms. The van der Waals surface area contributed by atoms with E-state index in [9.17, 15) is 4.79 Å². The summed E-state index contributed by atoms with van der Waals surface area (Å²) in [4.78, 5) is 16.7. The Morgan fingerprint density at radius 3 is 2.80 bits per heavy atom. The molecule has 0 radical (unpaired) electrons. The maximum atomic E-state index is 11.4. The van der Waals surface area contributed by atoms with Gasteiger partial charge in [-0.2, -0.15) is 5.10 Å². The molecule has 0 amide bonds. The van der Waals surface area contributed by atoms with E-state index < -0.39 is 0 Å². The second kappa shape index (κ2) is 7.49. The molecule has 0 aliphatic rings. The van der Waals surface area contributed by atoms with Gasteiger partial charge >= 0.3 is 5.97 Å². The van der Waals surface area contributed by atoms with Gasteiger partial charge in [0.25, 0.3) is 0 Å². The maximum absolute atomic E-state index is 11.4. The number of aliphatic imine (C=N–C) groups is 1. The van der Waals surface area contributed by atoms with Gasteiger partial charge < -0.3 is 4.74 Å². The van der Waals surface area contributed by atoms with Crippen molar-refractivity contribution in [3.8, 4) is 0 Å². The Bertz CT molecular complexity index is 567. The number of ether oxygens (including phenoxy) is 1. The first-order valence-electron chi connectivity index (χ1n) is 6.22. The first kappa shape index (κ1) is 14.3. The minimum absolute atomic E-state index is 0.0110. The Hall–Kier alpha value is -2.08. The van der Waals surface area contributed by atoms with Crippen LogP contribution < -0.4 is 0 Å². The SMILES string of the molecule is CCOC(=O)CN=C(Sc1ccccc1)n1cccn1. The van der Waals surface area contributed by atoms with Crippen LogP contribution in [-0.4, -0.2) is 34.1 Å². The first-order valence-corrected chi connectivity index (χ1v) is 7.04. The third kappa shape index (κ3) is 4.24. The zero-order valence-corrected chi connectivity index (χ0v) is 11.9. The summed E-state index contributed by atoms with van der Waals surface area (Å²) in [5.41, 5.74) is 0. The van der Waals surface area contributed by atoms with E-state index in [1.165, 1.54) is 11.8 Å². The number of benzene rings is 1. The Kier molecular flexibility index (Phi) is 5.37. The quantitative estimate of drug-likeness (QED) is 0.375. The summed E-state index contributed by atoms with van der Waals surface area (Å²) in [6.07, 6.45) is 3.46. The number of carbonyl (C=O) groups is 1. The summed E-state index contributed by atoms with van der Waals surface area (Å²) in [6, 6.07) is 11.6. The lowest BCUT2D eigenvalue weighted by atomic mass is 10.4. The molecule has 104 valence electrons. The van der Waals surface area contributed by atoms with Crippen LogP contribution >= 0.6 is 11.8 Å². The molecule has 5 nitrogen and oxygen atoms in total. The molecule has 1 aromatic carbocycles. The van der Waals surface area contributed by atoms with Gasteiger partial charge in [0.2, 0.25) is 0 Å². The van der Waals surface area contributed by atoms with Crippen molar-refractivity contribution in [3.63, 3.8) is 0 Å². The molecular weight excluding hydrogens is 274 g/mol. The van der Waals surface area contributed by atoms with Crippen LogP contribution in [0, 0.1) is 0 Å². The summed E-state index contributed by atoms with van der Waals surface area (Å²) < 4.78 is 6.51. The number of carbonyl (C=O) groups excluding carboxylic acids is 1. The molecule has 20 heavy (non-hydrogen) atoms. The standard InChI is InChI=1S/C14H15N3O2S/c1-2-19-13(18)11-15-14(17-10-6-9-16-17)20-12-7-4-3-5-8-12/h3-10H,2,11H2,1H3. The third-order valence-electron chi connectivity index (χ3n) is 2.30. The van der Waals surface area contributed by atoms with Crippen molar-refractivity contribution in [2.75, 3.05) is 13.2 Å². The molecule has 0 unspecified atom stereocenters. The number of nitrogens with zero attached hydrogens (tertiary/aromatic N) is 3. The van der Waals surface area contributed by atoms with Crippen molar-refractivity contribution in [2.24, 2.45) is 4.99 Å². The van der Waals surface area contributed by atoms with E-state index in [0.717, 1.165) is 4.90 Å². The third-order valence-corrected chi connectivity index (χ3v) is 3.31. The van der Waals surface area contributed by atoms with E-state index >= 15 is 0 Å². The second-order valence-corrected chi connectivity index (χ2v) is 4.81. The van der Waals surface area contributed by atoms with Crippen LogP contribution in [0.3, 0.4) is 0 Å². The number of hydrogen-bond acceptors (Lipinski definition) is 5. The average molecular weight is 289 g/mol. The van der Waals surface area contributed by atoms with Gasteiger partial charge in [0.15, 0.2) is 5.17 Å². The zero-order valence-electron chi connectivity index (χ0n) is 11.1. The van der Waals surface area contributed by atoms with Gasteiger partial charge in [0.05, 0.1) is 6.61 Å². The van der Waals surface area contributed by atoms with E-state index in [4.69, 9.17) is 4.74 Å². The van der Waals surface area contributed by atoms with E-state index in [2.05, 4.69) is 10.1 Å². The number of hydrogen-bond donors (Lipinski definition) is 0. The van der Waals surface area contributed by atoms with Crippen molar-refractivity contribution in [3.05, 3.63) is 48.8 Å². The Balaban J connectivity index is 2.13. The molecule has 0 bridgehead atoms. The molecule has 1 heterocycles. The Labute approximate surface area is 121 Å². The molecule has 0 aliphatic heterocycles. The van der Waals surface area contributed by atoms with Gasteiger partial charge in [-0.05, 0) is 25.1 Å². The van der Waals surface area contributed by atoms with Crippen LogP contribution in [-0.2, 0) is 9.53 Å². The summed E-state index contributed by atoms with van der Waals surface area (Å²) in [6.45, 7) is 2.12. The van der Waals surface area contributed by atoms with Crippen molar-refractivity contribution in [2.45, 2.75) is 11.8 Å². The Morgan fingerprint density at radius 1 is 1.35 bits per heavy atom. The molecule has 0 atom stereocenters. The number of rotatable bonds is 4. The van der Waals surface area contributed by atoms with Crippen LogP contribution in [0.4, 0.5) is 0 Å². The maximum Gasteiger partial charge on any atom is 0.327 e. The highest BCUT2D eigenvalue weighted by atomic mass is 32.2. The lowest BCUT2D eigenvalue weighted by molar-refractivity contribution is -0.141. The van der Waals surface area contributed by atoms with Gasteiger partial charge in [0.1, 0.15) is 6.54 Å². The van der Waals surface area contributed by atoms with Gasteiger partial charge in [-0.25, -0.2) is 9.67 Å². The lowest BCUT2D eigenvalue weighted by Gasteiger charge is -2.06. The van der Waals surface area contributed by atoms with Crippen molar-refractivity contribution in [1.82, 2.24) is 9.78 Å². The van der Waals surface area contributed by atoms with E-state index in [1.807, 2.05) is 36.4 Å². The van der Waals surface area contributed by atoms with Gasteiger partial charge in [-0.15, -0.1) is 0 Å². The molecule has 1 aromatic heterocycles. The van der Waals surface area contributed by atoms with Crippen molar-refractivity contribution < 1.29 is 9.53 Å². The van der Waals surface area contributed by atoms with E-state index in [-0.39, 0.29) is 12.5 Å². The molecular formula is C14H15N3O2S. The minimum atomic E-state index is -0.342. The Morgan fingerprint density at radius 2 is 2.15 bits per heavy atom. The fourth-order valence-corrected chi connectivity index (χ4v) is 2.30. The molecule has 0 saturated carbocycles. The van der Waals surface area contributed by atoms with E-state index in [0.29, 0.717) is 11.8 Å². The number of thioether (sulfide) groups is 1. The van der Waals surface area contributed by atoms with Crippen LogP contribution in [0.15, 0.2) is 58.7 Å². The molecule has 0 aliphatic carbocycles. The molecule has 0 fully saturated rings. The van der Waals surface area contributed by atoms with Gasteiger partial charge in [-0.1, -0.05) is 30.0 Å². The van der Waals surface area contributed by atoms with Crippen LogP contribution in [0.5, 0.6) is 0 Å². The number of esters is 1. The minimum Gasteiger partial charge on any atom is -0.465 e. The second-order valence-electron chi connectivity index (χ2n) is 3.77. The average Bonchev–Trinajstić information content (AvgIpc) is 2.99. The van der Waals surface area contributed by atoms with E-state index in [1.54, 1.807) is 24.0 Å². The van der Waals surface area contributed by atoms with Gasteiger partial charge in [-0.3, -0.25) is 4.79 Å². The van der Waals surface area contributed by atoms with Gasteiger partial charge in [0, 0.05) is 17.3 Å². The normalized spacial score (nSPS) is 11.3. The fraction of sp³-hybridized carbons (Fsp3) is 0.214. The van der Waals surface area contributed by atoms with Crippen LogP contribution in [0.1, 0.15) is 6.92 Å². The fourth-order valence-electron chi connectivity index (χ4n) is 1.47. The summed E-state index contributed by atoms with van der Waals surface area (Å²) in [5.74, 6) is -0.342. The summed E-state index contributed by atoms with van der Waals surface area (Å²) in [5, 5.41) is 4.78. The molecule has 0 saturated heterocycles. The molecule has 2 rings (SSSR count). The topological polar surface area (TPSA) is 56.5 Å². The summed E-state index contributed by atoms with van der Waals surface area (Å²) in [7, 11) is 0. The highest BCUT2D eigenvalue weighted by Crippen LogP contribution is 2.19.